The molecule has 4 aromatic rings. The number of rotatable bonds is 42. The van der Waals surface area contributed by atoms with Crippen molar-refractivity contribution in [1.82, 2.24) is 0 Å². The van der Waals surface area contributed by atoms with E-state index in [9.17, 15) is 10.2 Å². The van der Waals surface area contributed by atoms with Gasteiger partial charge in [-0.15, -0.1) is 0 Å². The minimum absolute atomic E-state index is 0.299. The highest BCUT2D eigenvalue weighted by molar-refractivity contribution is 9.10. The van der Waals surface area contributed by atoms with Gasteiger partial charge in [0, 0.05) is 70.1 Å². The summed E-state index contributed by atoms with van der Waals surface area (Å²) in [6.07, 6.45) is 41.0. The number of ether oxygens (including phenoxy) is 4. The Morgan fingerprint density at radius 1 is 0.303 bits per heavy atom. The van der Waals surface area contributed by atoms with E-state index >= 15 is 0 Å². The van der Waals surface area contributed by atoms with E-state index in [1.807, 2.05) is 0 Å². The Labute approximate surface area is 479 Å². The van der Waals surface area contributed by atoms with Gasteiger partial charge in [0.1, 0.15) is 23.0 Å². The first-order valence-corrected chi connectivity index (χ1v) is 32.6. The third kappa shape index (κ3) is 24.5. The minimum Gasteiger partial charge on any atom is -0.493 e. The molecule has 8 bridgehead atoms. The Morgan fingerprint density at radius 2 is 0.513 bits per heavy atom. The summed E-state index contributed by atoms with van der Waals surface area (Å²) < 4.78 is 30.4. The van der Waals surface area contributed by atoms with Crippen molar-refractivity contribution in [2.75, 3.05) is 39.6 Å². The lowest BCUT2D eigenvalue weighted by Crippen LogP contribution is -2.10. The average molecular weight is 1180 g/mol. The molecule has 8 heteroatoms. The van der Waals surface area contributed by atoms with Crippen LogP contribution in [-0.4, -0.2) is 49.9 Å². The Hall–Kier alpha value is -3.04. The molecule has 0 aliphatic heterocycles. The van der Waals surface area contributed by atoms with Crippen molar-refractivity contribution in [1.29, 1.82) is 0 Å². The van der Waals surface area contributed by atoms with Gasteiger partial charge in [0.25, 0.3) is 0 Å². The largest absolute Gasteiger partial charge is 0.493 e. The highest BCUT2D eigenvalue weighted by Gasteiger charge is 2.23. The fourth-order valence-electron chi connectivity index (χ4n) is 11.1. The predicted molar refractivity (Wildman–Crippen MR) is 328 cm³/mol. The second-order valence-electron chi connectivity index (χ2n) is 22.1. The van der Waals surface area contributed by atoms with Gasteiger partial charge < -0.3 is 29.2 Å². The lowest BCUT2D eigenvalue weighted by Gasteiger charge is -2.23. The normalized spacial score (nSPS) is 12.3. The first-order valence-electron chi connectivity index (χ1n) is 31.0. The summed E-state index contributed by atoms with van der Waals surface area (Å²) in [6.45, 7) is 7.91. The van der Waals surface area contributed by atoms with Crippen molar-refractivity contribution in [2.45, 2.75) is 245 Å². The van der Waals surface area contributed by atoms with Crippen LogP contribution in [0, 0.1) is 0 Å². The predicted octanol–water partition coefficient (Wildman–Crippen LogP) is 19.9. The third-order valence-corrected chi connectivity index (χ3v) is 16.3. The molecule has 2 N–H and O–H groups in total. The molecule has 0 fully saturated rings. The van der Waals surface area contributed by atoms with E-state index in [0.29, 0.717) is 65.3 Å². The number of aliphatic hydroxyl groups is 2. The smallest absolute Gasteiger partial charge is 0.126 e. The van der Waals surface area contributed by atoms with Crippen molar-refractivity contribution in [3.05, 3.63) is 114 Å². The zero-order chi connectivity index (χ0) is 53.7. The summed E-state index contributed by atoms with van der Waals surface area (Å²) in [6, 6.07) is 22.7. The van der Waals surface area contributed by atoms with Crippen LogP contribution in [0.4, 0.5) is 0 Å². The van der Waals surface area contributed by atoms with Crippen LogP contribution in [0.25, 0.3) is 0 Å². The Balaban J connectivity index is 1.51. The number of unbranched alkanes of at least 4 members (excludes halogenated alkanes) is 28. The topological polar surface area (TPSA) is 77.4 Å². The van der Waals surface area contributed by atoms with Gasteiger partial charge in [-0.25, -0.2) is 0 Å². The first kappa shape index (κ1) is 63.8. The zero-order valence-electron chi connectivity index (χ0n) is 47.8. The van der Waals surface area contributed by atoms with Crippen molar-refractivity contribution < 1.29 is 29.2 Å². The molecule has 0 unspecified atom stereocenters. The van der Waals surface area contributed by atoms with Gasteiger partial charge in [0.05, 0.1) is 26.4 Å². The van der Waals surface area contributed by atoms with Crippen molar-refractivity contribution in [3.8, 4) is 23.0 Å². The number of para-hydroxylation sites is 2. The van der Waals surface area contributed by atoms with Gasteiger partial charge in [0.15, 0.2) is 0 Å². The Bertz CT molecular complexity index is 1910. The van der Waals surface area contributed by atoms with Gasteiger partial charge in [-0.2, -0.15) is 0 Å². The summed E-state index contributed by atoms with van der Waals surface area (Å²) in [7, 11) is 0. The Kier molecular flexibility index (Phi) is 33.7. The van der Waals surface area contributed by atoms with Gasteiger partial charge in [0.2, 0.25) is 0 Å². The minimum atomic E-state index is 0.299. The number of benzene rings is 4. The molecule has 0 amide bonds. The summed E-state index contributed by atoms with van der Waals surface area (Å²) in [5.41, 5.74) is 9.43. The number of fused-ring (bicyclic) bond motifs is 8. The van der Waals surface area contributed by atoms with Gasteiger partial charge in [-0.1, -0.05) is 249 Å². The Morgan fingerprint density at radius 3 is 0.750 bits per heavy atom. The molecule has 0 radical (unpaired) electrons. The molecule has 0 saturated carbocycles. The van der Waals surface area contributed by atoms with Gasteiger partial charge in [-0.3, -0.25) is 0 Å². The maximum absolute atomic E-state index is 9.21. The van der Waals surface area contributed by atoms with E-state index in [1.165, 1.54) is 186 Å². The second kappa shape index (κ2) is 40.2. The fraction of sp³-hybridized carbons (Fsp3) is 0.647. The van der Waals surface area contributed by atoms with Crippen LogP contribution >= 0.6 is 31.9 Å². The van der Waals surface area contributed by atoms with E-state index in [0.717, 1.165) is 96.2 Å². The monoisotopic (exact) mass is 1170 g/mol. The molecule has 76 heavy (non-hydrogen) atoms. The van der Waals surface area contributed by atoms with E-state index in [4.69, 9.17) is 18.9 Å². The number of hydrogen-bond acceptors (Lipinski definition) is 6. The van der Waals surface area contributed by atoms with Crippen LogP contribution in [-0.2, 0) is 25.7 Å². The molecule has 0 aromatic heterocycles. The third-order valence-electron chi connectivity index (χ3n) is 15.4. The van der Waals surface area contributed by atoms with Crippen LogP contribution in [0.5, 0.6) is 23.0 Å². The molecular formula is C68H102Br2O6. The van der Waals surface area contributed by atoms with Gasteiger partial charge in [-0.05, 0) is 85.0 Å². The second-order valence-corrected chi connectivity index (χ2v) is 23.9. The summed E-state index contributed by atoms with van der Waals surface area (Å²) in [4.78, 5) is 0. The van der Waals surface area contributed by atoms with Crippen LogP contribution in [0.2, 0.25) is 0 Å². The maximum Gasteiger partial charge on any atom is 0.126 e. The van der Waals surface area contributed by atoms with E-state index in [2.05, 4.69) is 106 Å². The molecule has 1 aliphatic rings. The van der Waals surface area contributed by atoms with Gasteiger partial charge >= 0.3 is 0 Å². The molecule has 0 heterocycles. The molecule has 0 atom stereocenters. The lowest BCUT2D eigenvalue weighted by atomic mass is 9.91. The van der Waals surface area contributed by atoms with E-state index in [1.54, 1.807) is 0 Å². The van der Waals surface area contributed by atoms with Crippen molar-refractivity contribution >= 4 is 31.9 Å². The number of halogens is 2. The quantitative estimate of drug-likeness (QED) is 0.0379. The lowest BCUT2D eigenvalue weighted by molar-refractivity contribution is 0.281. The number of aliphatic hydroxyl groups excluding tert-OH is 2. The first-order chi connectivity index (χ1) is 37.4. The van der Waals surface area contributed by atoms with Crippen LogP contribution in [0.3, 0.4) is 0 Å². The molecule has 4 aromatic carbocycles. The van der Waals surface area contributed by atoms with Crippen LogP contribution in [0.1, 0.15) is 264 Å². The molecule has 0 saturated heterocycles. The zero-order valence-corrected chi connectivity index (χ0v) is 50.9. The SMILES string of the molecule is CCCCCCCCCCOc1c2cccc1Cc1cc(Br)cc(c1OCCCCCCCCCCO)Cc1cccc(c1OCCCCCCCCCC)Cc1cc(Br)cc(c1OCCCCCCCCCCO)C2. The highest BCUT2D eigenvalue weighted by Crippen LogP contribution is 2.41. The molecule has 6 nitrogen and oxygen atoms in total. The molecule has 424 valence electrons. The molecular weight excluding hydrogens is 1070 g/mol. The standard InChI is InChI=1S/C68H102Br2O6/c1-3-5-7-9-11-19-25-31-43-73-65-55-37-35-38-56(65)48-60-52-64(70)54-62(68(60)76-46-34-28-22-16-14-18-24-30-42-72)50-58-40-36-39-57(66(58)74-44-32-26-20-12-10-8-6-4-2)49-61-53-63(69)51-59(47-55)67(61)75-45-33-27-21-15-13-17-23-29-41-71/h35-40,51-54,71-72H,3-34,41-50H2,1-2H3. The summed E-state index contributed by atoms with van der Waals surface area (Å²) in [5.74, 6) is 3.98. The summed E-state index contributed by atoms with van der Waals surface area (Å²) >= 11 is 8.02. The van der Waals surface area contributed by atoms with E-state index < -0.39 is 0 Å². The number of hydrogen-bond donors (Lipinski definition) is 2. The summed E-state index contributed by atoms with van der Waals surface area (Å²) in [5, 5.41) is 18.4. The molecule has 0 spiro atoms. The maximum atomic E-state index is 9.21. The molecule has 1 aliphatic carbocycles. The fourth-order valence-corrected chi connectivity index (χ4v) is 12.2. The van der Waals surface area contributed by atoms with Crippen molar-refractivity contribution in [3.63, 3.8) is 0 Å². The van der Waals surface area contributed by atoms with Crippen LogP contribution in [0.15, 0.2) is 69.6 Å². The average Bonchev–Trinajstić information content (AvgIpc) is 3.40. The highest BCUT2D eigenvalue weighted by atomic mass is 79.9. The van der Waals surface area contributed by atoms with Crippen molar-refractivity contribution in [2.24, 2.45) is 0 Å². The molecule has 5 rings (SSSR count). The van der Waals surface area contributed by atoms with E-state index in [-0.39, 0.29) is 0 Å². The van der Waals surface area contributed by atoms with Crippen LogP contribution < -0.4 is 18.9 Å².